The molecule has 0 radical (unpaired) electrons. The van der Waals surface area contributed by atoms with Crippen molar-refractivity contribution in [2.75, 3.05) is 18.4 Å². The number of alkyl halides is 5. The number of carbonyl (C=O) groups is 1. The Morgan fingerprint density at radius 1 is 1.00 bits per heavy atom. The van der Waals surface area contributed by atoms with Crippen LogP contribution in [0.15, 0.2) is 60.9 Å². The first-order valence-corrected chi connectivity index (χ1v) is 11.6. The fourth-order valence-corrected chi connectivity index (χ4v) is 4.33. The lowest BCUT2D eigenvalue weighted by Crippen LogP contribution is -2.38. The normalized spacial score (nSPS) is 16.1. The van der Waals surface area contributed by atoms with Gasteiger partial charge in [-0.3, -0.25) is 19.8 Å². The molecule has 1 fully saturated rings. The Bertz CT molecular complexity index is 1420. The number of hydrogen-bond acceptors (Lipinski definition) is 4. The quantitative estimate of drug-likeness (QED) is 0.314. The van der Waals surface area contributed by atoms with Gasteiger partial charge in [-0.1, -0.05) is 6.07 Å². The van der Waals surface area contributed by atoms with Crippen LogP contribution in [0.1, 0.15) is 34.5 Å². The zero-order chi connectivity index (χ0) is 26.2. The second-order valence-electron chi connectivity index (χ2n) is 9.08. The minimum absolute atomic E-state index is 0.0927. The predicted molar refractivity (Wildman–Crippen MR) is 128 cm³/mol. The van der Waals surface area contributed by atoms with Gasteiger partial charge in [-0.15, -0.1) is 0 Å². The van der Waals surface area contributed by atoms with E-state index in [1.165, 1.54) is 12.1 Å². The van der Waals surface area contributed by atoms with Crippen molar-refractivity contribution in [2.24, 2.45) is 0 Å². The third-order valence-electron chi connectivity index (χ3n) is 6.37. The molecule has 4 aromatic rings. The van der Waals surface area contributed by atoms with E-state index < -0.39 is 23.6 Å². The summed E-state index contributed by atoms with van der Waals surface area (Å²) < 4.78 is 65.3. The van der Waals surface area contributed by atoms with Crippen LogP contribution < -0.4 is 5.32 Å². The number of anilines is 1. The Morgan fingerprint density at radius 3 is 2.43 bits per heavy atom. The van der Waals surface area contributed by atoms with Crippen LogP contribution in [0, 0.1) is 0 Å². The molecule has 0 atom stereocenters. The molecule has 0 aliphatic carbocycles. The summed E-state index contributed by atoms with van der Waals surface area (Å²) in [5.41, 5.74) is 2.55. The van der Waals surface area contributed by atoms with Crippen LogP contribution in [0.2, 0.25) is 0 Å². The highest BCUT2D eigenvalue weighted by Crippen LogP contribution is 2.31. The highest BCUT2D eigenvalue weighted by atomic mass is 19.4. The Labute approximate surface area is 208 Å². The molecule has 2 aromatic heterocycles. The Hall–Kier alpha value is -3.86. The van der Waals surface area contributed by atoms with Gasteiger partial charge in [-0.2, -0.15) is 18.3 Å². The summed E-state index contributed by atoms with van der Waals surface area (Å²) in [4.78, 5) is 19.1. The number of amides is 1. The van der Waals surface area contributed by atoms with Crippen molar-refractivity contribution >= 4 is 22.5 Å². The average molecular weight is 515 g/mol. The van der Waals surface area contributed by atoms with E-state index in [2.05, 4.69) is 20.5 Å². The number of fused-ring (bicyclic) bond motifs is 1. The second kappa shape index (κ2) is 9.55. The van der Waals surface area contributed by atoms with Crippen molar-refractivity contribution in [3.8, 4) is 11.1 Å². The summed E-state index contributed by atoms with van der Waals surface area (Å²) in [6.45, 7) is 1.14. The number of carbonyl (C=O) groups excluding carboxylic acids is 1. The van der Waals surface area contributed by atoms with Gasteiger partial charge in [0.15, 0.2) is 5.69 Å². The molecule has 2 N–H and O–H groups in total. The summed E-state index contributed by atoms with van der Waals surface area (Å²) in [5.74, 6) is -3.18. The molecule has 1 aliphatic heterocycles. The lowest BCUT2D eigenvalue weighted by Gasteiger charge is -2.31. The maximum Gasteiger partial charge on any atom is 0.416 e. The smallest absolute Gasteiger partial charge is 0.321 e. The molecular formula is C26H22F5N5O. The number of likely N-dealkylation sites (tertiary alicyclic amines) is 1. The molecular weight excluding hydrogens is 493 g/mol. The van der Waals surface area contributed by atoms with Crippen LogP contribution >= 0.6 is 0 Å². The summed E-state index contributed by atoms with van der Waals surface area (Å²) in [6.07, 6.45) is -1.40. The van der Waals surface area contributed by atoms with E-state index >= 15 is 0 Å². The number of nitrogens with one attached hydrogen (secondary N) is 2. The molecule has 0 bridgehead atoms. The van der Waals surface area contributed by atoms with E-state index in [9.17, 15) is 26.7 Å². The molecule has 1 aliphatic rings. The Balaban J connectivity index is 1.34. The van der Waals surface area contributed by atoms with Crippen molar-refractivity contribution < 1.29 is 26.7 Å². The predicted octanol–water partition coefficient (Wildman–Crippen LogP) is 6.13. The number of benzene rings is 2. The first-order valence-electron chi connectivity index (χ1n) is 11.6. The standard InChI is InChI=1S/C26H22F5N5O/c27-25(28)7-9-36(10-8-25)15-16-11-18(14-32-13-16)17-1-6-22-21(12-17)23(35-34-22)24(37)33-20-4-2-19(3-5-20)26(29,30)31/h1-6,11-14H,7-10,15H2,(H,33,37)(H,34,35). The topological polar surface area (TPSA) is 73.9 Å². The van der Waals surface area contributed by atoms with Gasteiger partial charge in [0, 0.05) is 61.5 Å². The van der Waals surface area contributed by atoms with Gasteiger partial charge in [0.05, 0.1) is 11.1 Å². The number of aromatic nitrogens is 3. The molecule has 0 unspecified atom stereocenters. The summed E-state index contributed by atoms with van der Waals surface area (Å²) in [5, 5.41) is 9.99. The number of H-pyrrole nitrogens is 1. The van der Waals surface area contributed by atoms with Crippen LogP contribution in [0.5, 0.6) is 0 Å². The van der Waals surface area contributed by atoms with E-state index in [1.54, 1.807) is 24.5 Å². The van der Waals surface area contributed by atoms with E-state index in [1.807, 2.05) is 17.0 Å². The molecule has 3 heterocycles. The molecule has 2 aromatic carbocycles. The minimum Gasteiger partial charge on any atom is -0.321 e. The number of pyridine rings is 1. The van der Waals surface area contributed by atoms with E-state index in [-0.39, 0.29) is 24.2 Å². The van der Waals surface area contributed by atoms with Crippen molar-refractivity contribution in [1.29, 1.82) is 0 Å². The van der Waals surface area contributed by atoms with Crippen molar-refractivity contribution in [3.63, 3.8) is 0 Å². The zero-order valence-electron chi connectivity index (χ0n) is 19.4. The van der Waals surface area contributed by atoms with Gasteiger partial charge >= 0.3 is 6.18 Å². The van der Waals surface area contributed by atoms with E-state index in [4.69, 9.17) is 0 Å². The maximum atomic E-state index is 13.5. The molecule has 0 spiro atoms. The number of rotatable bonds is 5. The van der Waals surface area contributed by atoms with Crippen LogP contribution in [0.3, 0.4) is 0 Å². The van der Waals surface area contributed by atoms with Crippen molar-refractivity contribution in [3.05, 3.63) is 77.7 Å². The Morgan fingerprint density at radius 2 is 1.73 bits per heavy atom. The molecule has 192 valence electrons. The molecule has 1 amide bonds. The maximum absolute atomic E-state index is 13.5. The number of aromatic amines is 1. The van der Waals surface area contributed by atoms with Crippen molar-refractivity contribution in [2.45, 2.75) is 31.5 Å². The lowest BCUT2D eigenvalue weighted by molar-refractivity contribution is -0.137. The molecule has 6 nitrogen and oxygen atoms in total. The molecule has 11 heteroatoms. The molecule has 5 rings (SSSR count). The monoisotopic (exact) mass is 515 g/mol. The third kappa shape index (κ3) is 5.61. The van der Waals surface area contributed by atoms with Crippen LogP contribution in [0.25, 0.3) is 22.0 Å². The number of hydrogen-bond donors (Lipinski definition) is 2. The highest BCUT2D eigenvalue weighted by molar-refractivity contribution is 6.11. The van der Waals surface area contributed by atoms with Gasteiger partial charge < -0.3 is 5.32 Å². The fraction of sp³-hybridized carbons (Fsp3) is 0.269. The fourth-order valence-electron chi connectivity index (χ4n) is 4.33. The van der Waals surface area contributed by atoms with Gasteiger partial charge in [0.25, 0.3) is 11.8 Å². The third-order valence-corrected chi connectivity index (χ3v) is 6.37. The van der Waals surface area contributed by atoms with Crippen molar-refractivity contribution in [1.82, 2.24) is 20.1 Å². The van der Waals surface area contributed by atoms with Crippen LogP contribution in [-0.2, 0) is 12.7 Å². The minimum atomic E-state index is -4.47. The second-order valence-corrected chi connectivity index (χ2v) is 9.08. The molecule has 0 saturated carbocycles. The number of halogens is 5. The summed E-state index contributed by atoms with van der Waals surface area (Å²) >= 11 is 0. The number of piperidine rings is 1. The SMILES string of the molecule is O=C(Nc1ccc(C(F)(F)F)cc1)c1n[nH]c2ccc(-c3cncc(CN4CCC(F)(F)CC4)c3)cc12. The largest absolute Gasteiger partial charge is 0.416 e. The van der Waals surface area contributed by atoms with Gasteiger partial charge in [0.2, 0.25) is 0 Å². The summed E-state index contributed by atoms with van der Waals surface area (Å²) in [6, 6.07) is 11.5. The van der Waals surface area contributed by atoms with Gasteiger partial charge in [-0.05, 0) is 53.6 Å². The molecule has 37 heavy (non-hydrogen) atoms. The highest BCUT2D eigenvalue weighted by Gasteiger charge is 2.34. The van der Waals surface area contributed by atoms with Crippen LogP contribution in [-0.4, -0.2) is 45.0 Å². The van der Waals surface area contributed by atoms with E-state index in [0.717, 1.165) is 28.8 Å². The lowest BCUT2D eigenvalue weighted by atomic mass is 10.0. The van der Waals surface area contributed by atoms with Crippen LogP contribution in [0.4, 0.5) is 27.6 Å². The first-order chi connectivity index (χ1) is 17.6. The Kier molecular flexibility index (Phi) is 6.40. The van der Waals surface area contributed by atoms with E-state index in [0.29, 0.717) is 30.5 Å². The first kappa shape index (κ1) is 24.8. The molecule has 1 saturated heterocycles. The van der Waals surface area contributed by atoms with Gasteiger partial charge in [-0.25, -0.2) is 8.78 Å². The summed E-state index contributed by atoms with van der Waals surface area (Å²) in [7, 11) is 0. The zero-order valence-corrected chi connectivity index (χ0v) is 19.4. The number of nitrogens with zero attached hydrogens (tertiary/aromatic N) is 3. The average Bonchev–Trinajstić information content (AvgIpc) is 3.29. The van der Waals surface area contributed by atoms with Gasteiger partial charge in [0.1, 0.15) is 0 Å².